The molecule has 0 N–H and O–H groups in total. The third kappa shape index (κ3) is 4.72. The van der Waals surface area contributed by atoms with Crippen LogP contribution in [0, 0.1) is 39.0 Å². The Morgan fingerprint density at radius 3 is 2.29 bits per heavy atom. The molecule has 0 atom stereocenters. The van der Waals surface area contributed by atoms with Gasteiger partial charge in [-0.1, -0.05) is 29.8 Å². The Kier molecular flexibility index (Phi) is 6.29. The topological polar surface area (TPSA) is 102 Å². The largest absolute Gasteiger partial charge is 0.438 e. The quantitative estimate of drug-likeness (QED) is 0.366. The number of hydrogen-bond donors (Lipinski definition) is 0. The number of ether oxygens (including phenoxy) is 1. The van der Waals surface area contributed by atoms with E-state index in [1.807, 2.05) is 26.8 Å². The zero-order valence-corrected chi connectivity index (χ0v) is 20.6. The minimum absolute atomic E-state index is 0.0441. The first-order valence-corrected chi connectivity index (χ1v) is 12.3. The first-order chi connectivity index (χ1) is 16.6. The van der Waals surface area contributed by atoms with Crippen molar-refractivity contribution in [3.63, 3.8) is 0 Å². The summed E-state index contributed by atoms with van der Waals surface area (Å²) in [6, 6.07) is 16.9. The molecular weight excluding hydrogens is 462 g/mol. The standard InChI is InChI=1S/C27H23N3O4S/c1-17-7-9-22(10-8-17)35(32,33)23(16-28)15-24-26(34-21-13-18(2)12-19(3)14-21)29-25-20(4)6-5-11-30(25)27(24)31/h5-15H,1-4H3/b23-15+. The van der Waals surface area contributed by atoms with Crippen LogP contribution in [-0.2, 0) is 9.84 Å². The van der Waals surface area contributed by atoms with E-state index in [9.17, 15) is 18.5 Å². The maximum Gasteiger partial charge on any atom is 0.269 e. The molecule has 0 bridgehead atoms. The monoisotopic (exact) mass is 485 g/mol. The van der Waals surface area contributed by atoms with Crippen molar-refractivity contribution in [3.05, 3.63) is 104 Å². The van der Waals surface area contributed by atoms with E-state index in [-0.39, 0.29) is 16.3 Å². The van der Waals surface area contributed by atoms with Crippen molar-refractivity contribution in [2.45, 2.75) is 32.6 Å². The lowest BCUT2D eigenvalue weighted by Gasteiger charge is -2.12. The second-order valence-corrected chi connectivity index (χ2v) is 10.3. The molecule has 0 saturated heterocycles. The highest BCUT2D eigenvalue weighted by molar-refractivity contribution is 7.95. The van der Waals surface area contributed by atoms with Gasteiger partial charge in [0.15, 0.2) is 0 Å². The fourth-order valence-corrected chi connectivity index (χ4v) is 4.88. The number of nitrogens with zero attached hydrogens (tertiary/aromatic N) is 3. The van der Waals surface area contributed by atoms with E-state index in [4.69, 9.17) is 4.74 Å². The zero-order chi connectivity index (χ0) is 25.3. The summed E-state index contributed by atoms with van der Waals surface area (Å²) in [5, 5.41) is 9.77. The lowest BCUT2D eigenvalue weighted by atomic mass is 10.1. The third-order valence-electron chi connectivity index (χ3n) is 5.47. The van der Waals surface area contributed by atoms with Gasteiger partial charge < -0.3 is 4.74 Å². The molecule has 2 aromatic carbocycles. The molecular formula is C27H23N3O4S. The van der Waals surface area contributed by atoms with Gasteiger partial charge in [0.25, 0.3) is 5.56 Å². The summed E-state index contributed by atoms with van der Waals surface area (Å²) in [5.74, 6) is 0.364. The van der Waals surface area contributed by atoms with Crippen LogP contribution in [0.5, 0.6) is 11.6 Å². The van der Waals surface area contributed by atoms with Crippen LogP contribution in [0.15, 0.2) is 75.4 Å². The average molecular weight is 486 g/mol. The van der Waals surface area contributed by atoms with Gasteiger partial charge in [0, 0.05) is 6.20 Å². The molecule has 2 heterocycles. The summed E-state index contributed by atoms with van der Waals surface area (Å²) in [7, 11) is -4.18. The van der Waals surface area contributed by atoms with E-state index in [1.54, 1.807) is 49.4 Å². The zero-order valence-electron chi connectivity index (χ0n) is 19.7. The smallest absolute Gasteiger partial charge is 0.269 e. The van der Waals surface area contributed by atoms with Gasteiger partial charge in [-0.2, -0.15) is 10.2 Å². The van der Waals surface area contributed by atoms with Crippen molar-refractivity contribution in [3.8, 4) is 17.7 Å². The Balaban J connectivity index is 1.97. The first kappa shape index (κ1) is 23.9. The number of benzene rings is 2. The van der Waals surface area contributed by atoms with Crippen molar-refractivity contribution in [1.82, 2.24) is 9.38 Å². The van der Waals surface area contributed by atoms with Crippen LogP contribution in [0.4, 0.5) is 0 Å². The predicted molar refractivity (Wildman–Crippen MR) is 134 cm³/mol. The second-order valence-electron chi connectivity index (χ2n) is 8.38. The number of hydrogen-bond acceptors (Lipinski definition) is 6. The third-order valence-corrected chi connectivity index (χ3v) is 7.15. The summed E-state index contributed by atoms with van der Waals surface area (Å²) >= 11 is 0. The molecule has 0 radical (unpaired) electrons. The first-order valence-electron chi connectivity index (χ1n) is 10.8. The molecule has 0 saturated carbocycles. The van der Waals surface area contributed by atoms with E-state index >= 15 is 0 Å². The summed E-state index contributed by atoms with van der Waals surface area (Å²) in [6.07, 6.45) is 2.58. The Hall–Kier alpha value is -4.22. The van der Waals surface area contributed by atoms with Crippen molar-refractivity contribution in [2.24, 2.45) is 0 Å². The fraction of sp³-hybridized carbons (Fsp3) is 0.148. The van der Waals surface area contributed by atoms with Gasteiger partial charge >= 0.3 is 0 Å². The van der Waals surface area contributed by atoms with Gasteiger partial charge in [-0.15, -0.1) is 0 Å². The number of rotatable bonds is 5. The Labute approximate surface area is 203 Å². The van der Waals surface area contributed by atoms with Gasteiger partial charge in [-0.05, 0) is 80.8 Å². The van der Waals surface area contributed by atoms with Gasteiger partial charge in [0.05, 0.1) is 4.90 Å². The number of nitriles is 1. The summed E-state index contributed by atoms with van der Waals surface area (Å²) in [5.41, 5.74) is 3.19. The highest BCUT2D eigenvalue weighted by Crippen LogP contribution is 2.28. The molecule has 4 aromatic rings. The molecule has 4 rings (SSSR count). The van der Waals surface area contributed by atoms with Crippen LogP contribution in [0.2, 0.25) is 0 Å². The molecule has 0 aliphatic rings. The van der Waals surface area contributed by atoms with E-state index in [0.717, 1.165) is 28.3 Å². The molecule has 2 aromatic heterocycles. The van der Waals surface area contributed by atoms with E-state index in [0.29, 0.717) is 11.4 Å². The van der Waals surface area contributed by atoms with Crippen LogP contribution < -0.4 is 10.3 Å². The van der Waals surface area contributed by atoms with E-state index < -0.39 is 20.3 Å². The van der Waals surface area contributed by atoms with Gasteiger partial charge in [0.2, 0.25) is 15.7 Å². The normalized spacial score (nSPS) is 11.9. The highest BCUT2D eigenvalue weighted by Gasteiger charge is 2.24. The molecule has 8 heteroatoms. The molecule has 0 spiro atoms. The molecule has 0 aliphatic carbocycles. The highest BCUT2D eigenvalue weighted by atomic mass is 32.2. The lowest BCUT2D eigenvalue weighted by molar-refractivity contribution is 0.460. The molecule has 0 aliphatic heterocycles. The SMILES string of the molecule is Cc1ccc(S(=O)(=O)/C(C#N)=C/c2c(Oc3cc(C)cc(C)c3)nc3c(C)cccn3c2=O)cc1. The summed E-state index contributed by atoms with van der Waals surface area (Å²) < 4.78 is 33.7. The van der Waals surface area contributed by atoms with Crippen LogP contribution in [0.3, 0.4) is 0 Å². The number of aromatic nitrogens is 2. The second kappa shape index (κ2) is 9.20. The number of allylic oxidation sites excluding steroid dienone is 1. The summed E-state index contributed by atoms with van der Waals surface area (Å²) in [6.45, 7) is 7.46. The minimum Gasteiger partial charge on any atom is -0.438 e. The summed E-state index contributed by atoms with van der Waals surface area (Å²) in [4.78, 5) is 17.4. The Morgan fingerprint density at radius 1 is 1.00 bits per heavy atom. The number of pyridine rings is 1. The van der Waals surface area contributed by atoms with E-state index in [1.165, 1.54) is 22.7 Å². The molecule has 7 nitrogen and oxygen atoms in total. The number of fused-ring (bicyclic) bond motifs is 1. The minimum atomic E-state index is -4.18. The molecule has 176 valence electrons. The van der Waals surface area contributed by atoms with Crippen LogP contribution >= 0.6 is 0 Å². The Bertz CT molecular complexity index is 1670. The van der Waals surface area contributed by atoms with Crippen molar-refractivity contribution < 1.29 is 13.2 Å². The number of aryl methyl sites for hydroxylation is 4. The lowest BCUT2D eigenvalue weighted by Crippen LogP contribution is -2.20. The average Bonchev–Trinajstić information content (AvgIpc) is 2.79. The molecule has 35 heavy (non-hydrogen) atoms. The van der Waals surface area contributed by atoms with Crippen molar-refractivity contribution >= 4 is 21.6 Å². The van der Waals surface area contributed by atoms with Crippen LogP contribution in [0.1, 0.15) is 27.8 Å². The predicted octanol–water partition coefficient (Wildman–Crippen LogP) is 5.06. The van der Waals surface area contributed by atoms with E-state index in [2.05, 4.69) is 4.98 Å². The van der Waals surface area contributed by atoms with Gasteiger partial charge in [0.1, 0.15) is 27.9 Å². The molecule has 0 unspecified atom stereocenters. The maximum absolute atomic E-state index is 13.5. The van der Waals surface area contributed by atoms with Gasteiger partial charge in [-0.25, -0.2) is 8.42 Å². The van der Waals surface area contributed by atoms with Crippen molar-refractivity contribution in [2.75, 3.05) is 0 Å². The molecule has 0 fully saturated rings. The van der Waals surface area contributed by atoms with Crippen LogP contribution in [0.25, 0.3) is 11.7 Å². The Morgan fingerprint density at radius 2 is 1.66 bits per heavy atom. The van der Waals surface area contributed by atoms with Gasteiger partial charge in [-0.3, -0.25) is 9.20 Å². The molecule has 0 amide bonds. The number of sulfone groups is 1. The maximum atomic E-state index is 13.5. The van der Waals surface area contributed by atoms with Crippen molar-refractivity contribution in [1.29, 1.82) is 5.26 Å². The fourth-order valence-electron chi connectivity index (χ4n) is 3.74. The van der Waals surface area contributed by atoms with Crippen LogP contribution in [-0.4, -0.2) is 17.8 Å².